The van der Waals surface area contributed by atoms with Crippen LogP contribution in [0.4, 0.5) is 11.6 Å². The number of nitrogens with one attached hydrogen (secondary N) is 2. The van der Waals surface area contributed by atoms with Gasteiger partial charge in [0, 0.05) is 18.1 Å². The number of anilines is 2. The molecule has 0 aliphatic carbocycles. The van der Waals surface area contributed by atoms with Crippen molar-refractivity contribution in [3.05, 3.63) is 35.2 Å². The molecule has 1 heterocycles. The molecule has 1 aromatic heterocycles. The van der Waals surface area contributed by atoms with Crippen molar-refractivity contribution in [3.8, 4) is 0 Å². The van der Waals surface area contributed by atoms with Crippen molar-refractivity contribution in [2.24, 2.45) is 0 Å². The second kappa shape index (κ2) is 4.58. The average molecular weight is 280 g/mol. The third-order valence-corrected chi connectivity index (χ3v) is 4.69. The fraction of sp³-hybridized carbons (Fsp3) is 0.250. The van der Waals surface area contributed by atoms with Crippen LogP contribution in [0.15, 0.2) is 23.4 Å². The van der Waals surface area contributed by atoms with E-state index in [2.05, 4.69) is 14.7 Å². The maximum Gasteiger partial charge on any atom is 0.264 e. The molecule has 1 aromatic carbocycles. The molecule has 7 heteroatoms. The van der Waals surface area contributed by atoms with Crippen LogP contribution in [0.3, 0.4) is 0 Å². The van der Waals surface area contributed by atoms with Crippen LogP contribution in [-0.2, 0) is 10.0 Å². The Balaban J connectivity index is 2.58. The van der Waals surface area contributed by atoms with Crippen molar-refractivity contribution in [1.29, 1.82) is 0 Å². The van der Waals surface area contributed by atoms with E-state index in [0.717, 1.165) is 5.56 Å². The summed E-state index contributed by atoms with van der Waals surface area (Å²) >= 11 is 0. The van der Waals surface area contributed by atoms with Gasteiger partial charge < -0.3 is 10.7 Å². The molecule has 6 nitrogen and oxygen atoms in total. The largest absolute Gasteiger partial charge is 0.398 e. The number of nitrogens with zero attached hydrogens (tertiary/aromatic N) is 1. The number of hydrogen-bond acceptors (Lipinski definition) is 4. The van der Waals surface area contributed by atoms with E-state index in [9.17, 15) is 8.42 Å². The summed E-state index contributed by atoms with van der Waals surface area (Å²) < 4.78 is 27.2. The lowest BCUT2D eigenvalue weighted by Crippen LogP contribution is -2.18. The molecule has 2 rings (SSSR count). The normalized spacial score (nSPS) is 11.5. The van der Waals surface area contributed by atoms with Gasteiger partial charge in [0.25, 0.3) is 10.0 Å². The Morgan fingerprint density at radius 3 is 2.53 bits per heavy atom. The number of hydrogen-bond donors (Lipinski definition) is 3. The van der Waals surface area contributed by atoms with Crippen LogP contribution in [0.5, 0.6) is 0 Å². The van der Waals surface area contributed by atoms with Gasteiger partial charge in [-0.1, -0.05) is 0 Å². The first-order chi connectivity index (χ1) is 8.83. The summed E-state index contributed by atoms with van der Waals surface area (Å²) in [7, 11) is -3.71. The van der Waals surface area contributed by atoms with Crippen molar-refractivity contribution in [3.63, 3.8) is 0 Å². The zero-order valence-corrected chi connectivity index (χ0v) is 11.8. The van der Waals surface area contributed by atoms with E-state index < -0.39 is 10.0 Å². The first-order valence-corrected chi connectivity index (χ1v) is 7.19. The summed E-state index contributed by atoms with van der Waals surface area (Å²) in [5.41, 5.74) is 8.37. The monoisotopic (exact) mass is 280 g/mol. The Morgan fingerprint density at radius 2 is 1.95 bits per heavy atom. The molecule has 0 radical (unpaired) electrons. The number of aryl methyl sites for hydroxylation is 1. The lowest BCUT2D eigenvalue weighted by atomic mass is 10.1. The van der Waals surface area contributed by atoms with E-state index >= 15 is 0 Å². The van der Waals surface area contributed by atoms with Gasteiger partial charge in [0.1, 0.15) is 0 Å². The number of benzene rings is 1. The minimum Gasteiger partial charge on any atom is -0.398 e. The van der Waals surface area contributed by atoms with Gasteiger partial charge in [-0.2, -0.15) is 0 Å². The Labute approximate surface area is 112 Å². The van der Waals surface area contributed by atoms with Crippen LogP contribution in [-0.4, -0.2) is 18.4 Å². The van der Waals surface area contributed by atoms with Gasteiger partial charge in [0.15, 0.2) is 0 Å². The maximum absolute atomic E-state index is 12.4. The predicted molar refractivity (Wildman–Crippen MR) is 74.5 cm³/mol. The summed E-state index contributed by atoms with van der Waals surface area (Å²) in [4.78, 5) is 6.76. The summed E-state index contributed by atoms with van der Waals surface area (Å²) in [6.07, 6.45) is 3.02. The predicted octanol–water partition coefficient (Wildman–Crippen LogP) is 1.72. The number of sulfonamides is 1. The molecule has 4 N–H and O–H groups in total. The van der Waals surface area contributed by atoms with Gasteiger partial charge in [-0.3, -0.25) is 0 Å². The Bertz CT molecular complexity index is 680. The molecular formula is C12H16N4O2S. The van der Waals surface area contributed by atoms with Crippen molar-refractivity contribution < 1.29 is 8.42 Å². The highest BCUT2D eigenvalue weighted by Gasteiger charge is 2.23. The minimum atomic E-state index is -3.71. The molecule has 0 aliphatic heterocycles. The van der Waals surface area contributed by atoms with Crippen molar-refractivity contribution in [1.82, 2.24) is 9.97 Å². The third-order valence-electron chi connectivity index (χ3n) is 3.08. The molecule has 0 fully saturated rings. The van der Waals surface area contributed by atoms with Gasteiger partial charge >= 0.3 is 0 Å². The van der Waals surface area contributed by atoms with E-state index in [1.807, 2.05) is 6.92 Å². The minimum absolute atomic E-state index is 0.180. The van der Waals surface area contributed by atoms with Crippen molar-refractivity contribution >= 4 is 21.7 Å². The summed E-state index contributed by atoms with van der Waals surface area (Å²) in [5, 5.41) is 0. The van der Waals surface area contributed by atoms with Gasteiger partial charge in [0.05, 0.1) is 4.90 Å². The highest BCUT2D eigenvalue weighted by Crippen LogP contribution is 2.28. The van der Waals surface area contributed by atoms with Gasteiger partial charge in [-0.15, -0.1) is 0 Å². The SMILES string of the molecule is Cc1cc(N)c(C)c(S(=O)(=O)Nc2ncc[nH]2)c1C. The molecule has 2 aromatic rings. The van der Waals surface area contributed by atoms with Gasteiger partial charge in [-0.05, 0) is 43.5 Å². The van der Waals surface area contributed by atoms with Crippen LogP contribution in [0, 0.1) is 20.8 Å². The second-order valence-corrected chi connectivity index (χ2v) is 6.02. The number of aromatic nitrogens is 2. The average Bonchev–Trinajstić information content (AvgIpc) is 2.78. The van der Waals surface area contributed by atoms with E-state index in [4.69, 9.17) is 5.73 Å². The molecule has 0 bridgehead atoms. The highest BCUT2D eigenvalue weighted by atomic mass is 32.2. The smallest absolute Gasteiger partial charge is 0.264 e. The standard InChI is InChI=1S/C12H16N4O2S/c1-7-6-10(13)9(3)11(8(7)2)19(17,18)16-12-14-4-5-15-12/h4-6H,13H2,1-3H3,(H2,14,15,16). The third kappa shape index (κ3) is 2.41. The van der Waals surface area contributed by atoms with Crippen LogP contribution in [0.2, 0.25) is 0 Å². The van der Waals surface area contributed by atoms with Crippen molar-refractivity contribution in [2.45, 2.75) is 25.7 Å². The zero-order chi connectivity index (χ0) is 14.2. The van der Waals surface area contributed by atoms with E-state index in [1.54, 1.807) is 26.1 Å². The first-order valence-electron chi connectivity index (χ1n) is 5.71. The lowest BCUT2D eigenvalue weighted by molar-refractivity contribution is 0.599. The number of imidazole rings is 1. The van der Waals surface area contributed by atoms with Crippen molar-refractivity contribution in [2.75, 3.05) is 10.5 Å². The van der Waals surface area contributed by atoms with Crippen LogP contribution < -0.4 is 10.5 Å². The molecular weight excluding hydrogens is 264 g/mol. The first kappa shape index (κ1) is 13.4. The Kier molecular flexibility index (Phi) is 3.23. The second-order valence-electron chi connectivity index (χ2n) is 4.41. The molecule has 0 amide bonds. The molecule has 0 atom stereocenters. The van der Waals surface area contributed by atoms with E-state index in [0.29, 0.717) is 16.8 Å². The van der Waals surface area contributed by atoms with Crippen LogP contribution in [0.25, 0.3) is 0 Å². The summed E-state index contributed by atoms with van der Waals surface area (Å²) in [5.74, 6) is 0.180. The number of aromatic amines is 1. The quantitative estimate of drug-likeness (QED) is 0.745. The number of H-pyrrole nitrogens is 1. The number of nitrogen functional groups attached to an aromatic ring is 1. The molecule has 0 unspecified atom stereocenters. The van der Waals surface area contributed by atoms with E-state index in [1.165, 1.54) is 6.20 Å². The van der Waals surface area contributed by atoms with Gasteiger partial charge in [-0.25, -0.2) is 18.1 Å². The fourth-order valence-electron chi connectivity index (χ4n) is 1.94. The summed E-state index contributed by atoms with van der Waals surface area (Å²) in [6.45, 7) is 5.29. The maximum atomic E-state index is 12.4. The molecule has 0 spiro atoms. The fourth-order valence-corrected chi connectivity index (χ4v) is 3.50. The van der Waals surface area contributed by atoms with E-state index in [-0.39, 0.29) is 10.8 Å². The van der Waals surface area contributed by atoms with Crippen LogP contribution >= 0.6 is 0 Å². The molecule has 0 aliphatic rings. The molecule has 0 saturated heterocycles. The molecule has 19 heavy (non-hydrogen) atoms. The van der Waals surface area contributed by atoms with Gasteiger partial charge in [0.2, 0.25) is 5.95 Å². The zero-order valence-electron chi connectivity index (χ0n) is 11.0. The highest BCUT2D eigenvalue weighted by molar-refractivity contribution is 7.92. The topological polar surface area (TPSA) is 101 Å². The molecule has 0 saturated carbocycles. The molecule has 102 valence electrons. The number of rotatable bonds is 3. The number of nitrogens with two attached hydrogens (primary N) is 1. The lowest BCUT2D eigenvalue weighted by Gasteiger charge is -2.15. The summed E-state index contributed by atoms with van der Waals surface area (Å²) in [6, 6.07) is 1.77. The Morgan fingerprint density at radius 1 is 1.26 bits per heavy atom. The van der Waals surface area contributed by atoms with Crippen LogP contribution in [0.1, 0.15) is 16.7 Å². The Hall–Kier alpha value is -2.02.